The maximum atomic E-state index is 11.6. The number of nitrogens with one attached hydrogen (secondary N) is 1. The van der Waals surface area contributed by atoms with Crippen molar-refractivity contribution in [3.05, 3.63) is 52.8 Å². The van der Waals surface area contributed by atoms with Crippen molar-refractivity contribution in [2.45, 2.75) is 20.4 Å². The summed E-state index contributed by atoms with van der Waals surface area (Å²) in [6.07, 6.45) is 0. The van der Waals surface area contributed by atoms with Crippen LogP contribution in [-0.2, 0) is 6.54 Å². The van der Waals surface area contributed by atoms with E-state index in [2.05, 4.69) is 10.3 Å². The van der Waals surface area contributed by atoms with E-state index in [4.69, 9.17) is 10.5 Å². The number of primary amides is 1. The molecule has 1 amide bonds. The molecular formula is C16H19N3O2. The van der Waals surface area contributed by atoms with Gasteiger partial charge in [-0.1, -0.05) is 12.1 Å². The molecule has 2 aromatic rings. The summed E-state index contributed by atoms with van der Waals surface area (Å²) in [5.41, 5.74) is 8.19. The number of carbonyl (C=O) groups is 1. The summed E-state index contributed by atoms with van der Waals surface area (Å²) in [6.45, 7) is 4.34. The predicted octanol–water partition coefficient (Wildman–Crippen LogP) is 2.31. The van der Waals surface area contributed by atoms with Crippen LogP contribution in [0.3, 0.4) is 0 Å². The third-order valence-corrected chi connectivity index (χ3v) is 3.05. The Morgan fingerprint density at radius 1 is 1.33 bits per heavy atom. The first kappa shape index (κ1) is 15.0. The van der Waals surface area contributed by atoms with Crippen molar-refractivity contribution in [2.75, 3.05) is 7.05 Å². The number of ether oxygens (including phenoxy) is 1. The Hall–Kier alpha value is -2.40. The molecule has 5 nitrogen and oxygen atoms in total. The highest BCUT2D eigenvalue weighted by Crippen LogP contribution is 2.28. The number of nitrogens with two attached hydrogens (primary N) is 1. The maximum Gasteiger partial charge on any atom is 0.254 e. The van der Waals surface area contributed by atoms with Crippen molar-refractivity contribution in [1.29, 1.82) is 0 Å². The molecule has 0 radical (unpaired) electrons. The SMILES string of the molecule is CNCc1cccc(Oc2cc(C)nc(C)c2C(N)=O)c1. The van der Waals surface area contributed by atoms with E-state index in [0.717, 1.165) is 17.8 Å². The average molecular weight is 285 g/mol. The fourth-order valence-corrected chi connectivity index (χ4v) is 2.22. The van der Waals surface area contributed by atoms with Crippen LogP contribution in [0.25, 0.3) is 0 Å². The summed E-state index contributed by atoms with van der Waals surface area (Å²) in [6, 6.07) is 9.40. The highest BCUT2D eigenvalue weighted by atomic mass is 16.5. The fraction of sp³-hybridized carbons (Fsp3) is 0.250. The molecule has 0 bridgehead atoms. The molecule has 0 aliphatic rings. The van der Waals surface area contributed by atoms with Crippen molar-refractivity contribution in [2.24, 2.45) is 5.73 Å². The Kier molecular flexibility index (Phi) is 4.55. The Morgan fingerprint density at radius 2 is 2.10 bits per heavy atom. The third-order valence-electron chi connectivity index (χ3n) is 3.05. The molecule has 1 aromatic heterocycles. The van der Waals surface area contributed by atoms with Gasteiger partial charge in [0.15, 0.2) is 0 Å². The Morgan fingerprint density at radius 3 is 2.76 bits per heavy atom. The Labute approximate surface area is 124 Å². The third kappa shape index (κ3) is 3.58. The van der Waals surface area contributed by atoms with Crippen molar-refractivity contribution in [3.8, 4) is 11.5 Å². The van der Waals surface area contributed by atoms with Crippen LogP contribution >= 0.6 is 0 Å². The molecule has 110 valence electrons. The maximum absolute atomic E-state index is 11.6. The number of hydrogen-bond acceptors (Lipinski definition) is 4. The lowest BCUT2D eigenvalue weighted by Crippen LogP contribution is -2.15. The highest BCUT2D eigenvalue weighted by molar-refractivity contribution is 5.96. The number of benzene rings is 1. The molecule has 0 saturated heterocycles. The lowest BCUT2D eigenvalue weighted by atomic mass is 10.1. The lowest BCUT2D eigenvalue weighted by molar-refractivity contribution is 0.0997. The van der Waals surface area contributed by atoms with Crippen LogP contribution in [0.4, 0.5) is 0 Å². The first-order valence-corrected chi connectivity index (χ1v) is 6.70. The van der Waals surface area contributed by atoms with Gasteiger partial charge in [-0.25, -0.2) is 0 Å². The lowest BCUT2D eigenvalue weighted by Gasteiger charge is -2.13. The number of carbonyl (C=O) groups excluding carboxylic acids is 1. The molecule has 0 aliphatic heterocycles. The number of aryl methyl sites for hydroxylation is 2. The van der Waals surface area contributed by atoms with E-state index in [1.54, 1.807) is 13.0 Å². The average Bonchev–Trinajstić information content (AvgIpc) is 2.38. The summed E-state index contributed by atoms with van der Waals surface area (Å²) in [5.74, 6) is 0.561. The normalized spacial score (nSPS) is 10.4. The number of aromatic nitrogens is 1. The van der Waals surface area contributed by atoms with E-state index >= 15 is 0 Å². The van der Waals surface area contributed by atoms with E-state index in [-0.39, 0.29) is 0 Å². The van der Waals surface area contributed by atoms with Crippen LogP contribution in [0.5, 0.6) is 11.5 Å². The molecule has 1 heterocycles. The molecular weight excluding hydrogens is 266 g/mol. The summed E-state index contributed by atoms with van der Waals surface area (Å²) < 4.78 is 5.85. The van der Waals surface area contributed by atoms with Crippen molar-refractivity contribution >= 4 is 5.91 Å². The van der Waals surface area contributed by atoms with Gasteiger partial charge >= 0.3 is 0 Å². The minimum atomic E-state index is -0.540. The van der Waals surface area contributed by atoms with Crippen LogP contribution in [0.2, 0.25) is 0 Å². The highest BCUT2D eigenvalue weighted by Gasteiger charge is 2.15. The first-order valence-electron chi connectivity index (χ1n) is 6.70. The molecule has 21 heavy (non-hydrogen) atoms. The van der Waals surface area contributed by atoms with Crippen molar-refractivity contribution in [3.63, 3.8) is 0 Å². The minimum absolute atomic E-state index is 0.319. The zero-order chi connectivity index (χ0) is 15.4. The van der Waals surface area contributed by atoms with Gasteiger partial charge in [0.25, 0.3) is 5.91 Å². The van der Waals surface area contributed by atoms with E-state index in [0.29, 0.717) is 22.8 Å². The monoisotopic (exact) mass is 285 g/mol. The zero-order valence-electron chi connectivity index (χ0n) is 12.4. The zero-order valence-corrected chi connectivity index (χ0v) is 12.4. The number of pyridine rings is 1. The Bertz CT molecular complexity index is 669. The van der Waals surface area contributed by atoms with Gasteiger partial charge in [0.05, 0.1) is 5.69 Å². The molecule has 1 aromatic carbocycles. The van der Waals surface area contributed by atoms with Gasteiger partial charge < -0.3 is 15.8 Å². The molecule has 0 unspecified atom stereocenters. The second-order valence-corrected chi connectivity index (χ2v) is 4.87. The fourth-order valence-electron chi connectivity index (χ4n) is 2.22. The van der Waals surface area contributed by atoms with E-state index < -0.39 is 5.91 Å². The number of rotatable bonds is 5. The summed E-state index contributed by atoms with van der Waals surface area (Å²) in [5, 5.41) is 3.08. The smallest absolute Gasteiger partial charge is 0.254 e. The second kappa shape index (κ2) is 6.37. The van der Waals surface area contributed by atoms with Crippen molar-refractivity contribution in [1.82, 2.24) is 10.3 Å². The van der Waals surface area contributed by atoms with E-state index in [1.165, 1.54) is 0 Å². The predicted molar refractivity (Wildman–Crippen MR) is 81.5 cm³/mol. The molecule has 0 saturated carbocycles. The summed E-state index contributed by atoms with van der Waals surface area (Å²) in [4.78, 5) is 15.9. The first-order chi connectivity index (χ1) is 10.0. The largest absolute Gasteiger partial charge is 0.456 e. The van der Waals surface area contributed by atoms with Crippen LogP contribution in [0.15, 0.2) is 30.3 Å². The topological polar surface area (TPSA) is 77.2 Å². The van der Waals surface area contributed by atoms with Gasteiger partial charge in [0, 0.05) is 18.3 Å². The minimum Gasteiger partial charge on any atom is -0.456 e. The quantitative estimate of drug-likeness (QED) is 0.883. The van der Waals surface area contributed by atoms with Gasteiger partial charge in [-0.3, -0.25) is 9.78 Å². The molecule has 0 fully saturated rings. The van der Waals surface area contributed by atoms with Gasteiger partial charge in [0.1, 0.15) is 17.1 Å². The van der Waals surface area contributed by atoms with Crippen LogP contribution in [0.1, 0.15) is 27.3 Å². The standard InChI is InChI=1S/C16H19N3O2/c1-10-7-14(15(16(17)20)11(2)19-10)21-13-6-4-5-12(8-13)9-18-3/h4-8,18H,9H2,1-3H3,(H2,17,20). The van der Waals surface area contributed by atoms with E-state index in [9.17, 15) is 4.79 Å². The molecule has 2 rings (SSSR count). The Balaban J connectivity index is 2.39. The van der Waals surface area contributed by atoms with Crippen LogP contribution in [-0.4, -0.2) is 17.9 Å². The van der Waals surface area contributed by atoms with Gasteiger partial charge in [-0.15, -0.1) is 0 Å². The van der Waals surface area contributed by atoms with Crippen LogP contribution in [0, 0.1) is 13.8 Å². The van der Waals surface area contributed by atoms with Crippen LogP contribution < -0.4 is 15.8 Å². The molecule has 0 spiro atoms. The molecule has 0 atom stereocenters. The van der Waals surface area contributed by atoms with Gasteiger partial charge in [0.2, 0.25) is 0 Å². The number of nitrogens with zero attached hydrogens (tertiary/aromatic N) is 1. The molecule has 0 aliphatic carbocycles. The summed E-state index contributed by atoms with van der Waals surface area (Å²) in [7, 11) is 1.88. The summed E-state index contributed by atoms with van der Waals surface area (Å²) >= 11 is 0. The molecule has 5 heteroatoms. The number of hydrogen-bond donors (Lipinski definition) is 2. The van der Waals surface area contributed by atoms with Gasteiger partial charge in [-0.2, -0.15) is 0 Å². The van der Waals surface area contributed by atoms with Crippen molar-refractivity contribution < 1.29 is 9.53 Å². The van der Waals surface area contributed by atoms with E-state index in [1.807, 2.05) is 38.2 Å². The number of amides is 1. The van der Waals surface area contributed by atoms with Gasteiger partial charge in [-0.05, 0) is 38.6 Å². The second-order valence-electron chi connectivity index (χ2n) is 4.87. The molecule has 3 N–H and O–H groups in total.